The monoisotopic (exact) mass is 326 g/mol. The second-order valence-corrected chi connectivity index (χ2v) is 5.32. The molecule has 0 bridgehead atoms. The minimum Gasteiger partial charge on any atom is -0.295 e. The maximum Gasteiger partial charge on any atom is 0.159 e. The Morgan fingerprint density at radius 1 is 1.39 bits per heavy atom. The Balaban J connectivity index is 2.58. The van der Waals surface area contributed by atoms with E-state index in [4.69, 9.17) is 11.6 Å². The molecule has 0 saturated carbocycles. The number of Topliss-reactive ketones (excluding diaryl/α,β-unsaturated/α-hetero) is 1. The van der Waals surface area contributed by atoms with E-state index in [2.05, 4.69) is 21.0 Å². The van der Waals surface area contributed by atoms with Crippen molar-refractivity contribution in [3.8, 4) is 5.69 Å². The smallest absolute Gasteiger partial charge is 0.159 e. The summed E-state index contributed by atoms with van der Waals surface area (Å²) >= 11 is 9.69. The van der Waals surface area contributed by atoms with Gasteiger partial charge < -0.3 is 0 Å². The van der Waals surface area contributed by atoms with Crippen LogP contribution in [0.25, 0.3) is 5.69 Å². The Kier molecular flexibility index (Phi) is 3.59. The van der Waals surface area contributed by atoms with Crippen LogP contribution in [-0.2, 0) is 0 Å². The Morgan fingerprint density at radius 2 is 2.06 bits per heavy atom. The lowest BCUT2D eigenvalue weighted by Gasteiger charge is -2.08. The van der Waals surface area contributed by atoms with Crippen LogP contribution in [0, 0.1) is 13.8 Å². The van der Waals surface area contributed by atoms with Gasteiger partial charge in [-0.05, 0) is 54.9 Å². The molecule has 0 saturated heterocycles. The molecule has 1 aromatic heterocycles. The molecule has 94 valence electrons. The van der Waals surface area contributed by atoms with Crippen LogP contribution in [-0.4, -0.2) is 15.6 Å². The number of ketones is 1. The normalized spacial score (nSPS) is 10.7. The molecule has 0 aliphatic carbocycles. The van der Waals surface area contributed by atoms with Crippen LogP contribution in [0.15, 0.2) is 22.7 Å². The topological polar surface area (TPSA) is 34.9 Å². The molecule has 0 radical (unpaired) electrons. The molecule has 0 N–H and O–H groups in total. The van der Waals surface area contributed by atoms with E-state index in [-0.39, 0.29) is 5.78 Å². The number of halogens is 2. The second kappa shape index (κ2) is 4.86. The zero-order valence-electron chi connectivity index (χ0n) is 10.3. The van der Waals surface area contributed by atoms with E-state index >= 15 is 0 Å². The summed E-state index contributed by atoms with van der Waals surface area (Å²) in [6, 6.07) is 5.24. The molecule has 1 heterocycles. The highest BCUT2D eigenvalue weighted by Crippen LogP contribution is 2.27. The first-order valence-electron chi connectivity index (χ1n) is 5.44. The van der Waals surface area contributed by atoms with Gasteiger partial charge in [0.15, 0.2) is 5.78 Å². The maximum absolute atomic E-state index is 11.3. The van der Waals surface area contributed by atoms with Gasteiger partial charge in [-0.2, -0.15) is 5.10 Å². The number of benzene rings is 1. The third-order valence-corrected chi connectivity index (χ3v) is 4.24. The summed E-state index contributed by atoms with van der Waals surface area (Å²) in [5.74, 6) is -0.00185. The second-order valence-electron chi connectivity index (χ2n) is 4.12. The van der Waals surface area contributed by atoms with Crippen molar-refractivity contribution in [3.05, 3.63) is 44.6 Å². The fraction of sp³-hybridized carbons (Fsp3) is 0.231. The largest absolute Gasteiger partial charge is 0.295 e. The van der Waals surface area contributed by atoms with Gasteiger partial charge in [-0.3, -0.25) is 4.79 Å². The number of carbonyl (C=O) groups is 1. The molecule has 3 nitrogen and oxygen atoms in total. The van der Waals surface area contributed by atoms with Crippen molar-refractivity contribution in [2.45, 2.75) is 20.8 Å². The first kappa shape index (κ1) is 13.3. The fourth-order valence-electron chi connectivity index (χ4n) is 1.76. The van der Waals surface area contributed by atoms with E-state index in [1.165, 1.54) is 6.92 Å². The standard InChI is InChI=1S/C13H12BrClN2O/c1-7-13(14)8(2)17(16-7)12-5-4-10(9(3)18)6-11(12)15/h4-6H,1-3H3. The predicted molar refractivity (Wildman–Crippen MR) is 75.8 cm³/mol. The van der Waals surface area contributed by atoms with E-state index in [0.29, 0.717) is 10.6 Å². The summed E-state index contributed by atoms with van der Waals surface area (Å²) in [6.07, 6.45) is 0. The lowest BCUT2D eigenvalue weighted by molar-refractivity contribution is 0.101. The highest BCUT2D eigenvalue weighted by Gasteiger charge is 2.13. The van der Waals surface area contributed by atoms with Crippen molar-refractivity contribution in [2.24, 2.45) is 0 Å². The summed E-state index contributed by atoms with van der Waals surface area (Å²) in [7, 11) is 0. The van der Waals surface area contributed by atoms with Crippen LogP contribution in [0.2, 0.25) is 5.02 Å². The molecule has 0 fully saturated rings. The van der Waals surface area contributed by atoms with Crippen LogP contribution >= 0.6 is 27.5 Å². The number of nitrogens with zero attached hydrogens (tertiary/aromatic N) is 2. The van der Waals surface area contributed by atoms with E-state index < -0.39 is 0 Å². The predicted octanol–water partition coefficient (Wildman–Crippen LogP) is 4.11. The first-order valence-corrected chi connectivity index (χ1v) is 6.61. The van der Waals surface area contributed by atoms with Crippen molar-refractivity contribution in [1.82, 2.24) is 9.78 Å². The molecule has 0 atom stereocenters. The van der Waals surface area contributed by atoms with E-state index in [9.17, 15) is 4.79 Å². The summed E-state index contributed by atoms with van der Waals surface area (Å²) in [5.41, 5.74) is 3.25. The SMILES string of the molecule is CC(=O)c1ccc(-n2nc(C)c(Br)c2C)c(Cl)c1. The number of aromatic nitrogens is 2. The van der Waals surface area contributed by atoms with E-state index in [0.717, 1.165) is 21.5 Å². The van der Waals surface area contributed by atoms with Crippen LogP contribution < -0.4 is 0 Å². The molecule has 1 aromatic carbocycles. The average molecular weight is 328 g/mol. The summed E-state index contributed by atoms with van der Waals surface area (Å²) in [5, 5.41) is 4.93. The molecule has 0 aliphatic heterocycles. The Morgan fingerprint density at radius 3 is 2.50 bits per heavy atom. The number of hydrogen-bond donors (Lipinski definition) is 0. The Labute approximate surface area is 119 Å². The van der Waals surface area contributed by atoms with E-state index in [1.54, 1.807) is 16.8 Å². The first-order chi connectivity index (χ1) is 8.41. The third-order valence-electron chi connectivity index (χ3n) is 2.79. The van der Waals surface area contributed by atoms with E-state index in [1.807, 2.05) is 19.9 Å². The molecule has 2 rings (SSSR count). The van der Waals surface area contributed by atoms with Crippen LogP contribution in [0.5, 0.6) is 0 Å². The van der Waals surface area contributed by atoms with Gasteiger partial charge in [-0.15, -0.1) is 0 Å². The van der Waals surface area contributed by atoms with Gasteiger partial charge in [0.05, 0.1) is 26.6 Å². The minimum absolute atomic E-state index is 0.00185. The van der Waals surface area contributed by atoms with Crippen molar-refractivity contribution in [2.75, 3.05) is 0 Å². The molecule has 18 heavy (non-hydrogen) atoms. The highest BCUT2D eigenvalue weighted by molar-refractivity contribution is 9.10. The summed E-state index contributed by atoms with van der Waals surface area (Å²) < 4.78 is 2.74. The van der Waals surface area contributed by atoms with Crippen LogP contribution in [0.4, 0.5) is 0 Å². The number of carbonyl (C=O) groups excluding carboxylic acids is 1. The minimum atomic E-state index is -0.00185. The zero-order valence-corrected chi connectivity index (χ0v) is 12.6. The molecular formula is C13H12BrClN2O. The molecule has 5 heteroatoms. The fourth-order valence-corrected chi connectivity index (χ4v) is 2.26. The van der Waals surface area contributed by atoms with Crippen molar-refractivity contribution in [1.29, 1.82) is 0 Å². The molecule has 0 unspecified atom stereocenters. The number of rotatable bonds is 2. The zero-order chi connectivity index (χ0) is 13.4. The number of hydrogen-bond acceptors (Lipinski definition) is 2. The van der Waals surface area contributed by atoms with Gasteiger partial charge in [-0.25, -0.2) is 4.68 Å². The van der Waals surface area contributed by atoms with Crippen molar-refractivity contribution >= 4 is 33.3 Å². The van der Waals surface area contributed by atoms with Gasteiger partial charge in [0, 0.05) is 5.56 Å². The van der Waals surface area contributed by atoms with Gasteiger partial charge in [-0.1, -0.05) is 11.6 Å². The molecule has 0 amide bonds. The molecule has 0 spiro atoms. The lowest BCUT2D eigenvalue weighted by atomic mass is 10.1. The number of aryl methyl sites for hydroxylation is 1. The Bertz CT molecular complexity index is 634. The molecule has 0 aliphatic rings. The van der Waals surface area contributed by atoms with Crippen molar-refractivity contribution in [3.63, 3.8) is 0 Å². The van der Waals surface area contributed by atoms with Gasteiger partial charge >= 0.3 is 0 Å². The Hall–Kier alpha value is -1.13. The quantitative estimate of drug-likeness (QED) is 0.778. The van der Waals surface area contributed by atoms with Gasteiger partial charge in [0.2, 0.25) is 0 Å². The van der Waals surface area contributed by atoms with Crippen LogP contribution in [0.3, 0.4) is 0 Å². The average Bonchev–Trinajstić information content (AvgIpc) is 2.57. The summed E-state index contributed by atoms with van der Waals surface area (Å²) in [4.78, 5) is 11.3. The lowest BCUT2D eigenvalue weighted by Crippen LogP contribution is -2.01. The molecular weight excluding hydrogens is 316 g/mol. The third kappa shape index (κ3) is 2.22. The van der Waals surface area contributed by atoms with Crippen molar-refractivity contribution < 1.29 is 4.79 Å². The molecule has 2 aromatic rings. The summed E-state index contributed by atoms with van der Waals surface area (Å²) in [6.45, 7) is 5.40. The van der Waals surface area contributed by atoms with Crippen LogP contribution in [0.1, 0.15) is 28.7 Å². The maximum atomic E-state index is 11.3. The highest BCUT2D eigenvalue weighted by atomic mass is 79.9. The van der Waals surface area contributed by atoms with Gasteiger partial charge in [0.1, 0.15) is 0 Å². The van der Waals surface area contributed by atoms with Gasteiger partial charge in [0.25, 0.3) is 0 Å².